The molecule has 1 aliphatic heterocycles. The number of carbonyl (C=O) groups is 2. The number of amides is 2. The monoisotopic (exact) mass is 393 g/mol. The first-order chi connectivity index (χ1) is 12.7. The molecule has 0 radical (unpaired) electrons. The van der Waals surface area contributed by atoms with E-state index in [9.17, 15) is 22.4 Å². The minimum atomic E-state index is -3.95. The number of halogens is 1. The summed E-state index contributed by atoms with van der Waals surface area (Å²) in [6.45, 7) is 1.10. The van der Waals surface area contributed by atoms with Gasteiger partial charge in [-0.25, -0.2) is 17.5 Å². The fourth-order valence-electron chi connectivity index (χ4n) is 2.35. The fourth-order valence-corrected chi connectivity index (χ4v) is 3.33. The Morgan fingerprint density at radius 1 is 1.22 bits per heavy atom. The standard InChI is InChI=1S/C17H16FN3O5S/c1-10-17(23)21-14-8-12(4-7-15(14)26-10)20-16(22)9-19-27(24,25)13-5-2-11(18)3-6-13/h2-8,10,19H,9H2,1H3,(H,20,22)(H,21,23)/t10-/m0/s1. The van der Waals surface area contributed by atoms with E-state index in [4.69, 9.17) is 4.74 Å². The third-order valence-electron chi connectivity index (χ3n) is 3.74. The van der Waals surface area contributed by atoms with Crippen LogP contribution in [-0.2, 0) is 19.6 Å². The van der Waals surface area contributed by atoms with Crippen LogP contribution in [0.5, 0.6) is 5.75 Å². The lowest BCUT2D eigenvalue weighted by Crippen LogP contribution is -2.34. The van der Waals surface area contributed by atoms with E-state index < -0.39 is 34.4 Å². The molecule has 0 aliphatic carbocycles. The van der Waals surface area contributed by atoms with Gasteiger partial charge in [-0.3, -0.25) is 9.59 Å². The number of carbonyl (C=O) groups excluding carboxylic acids is 2. The lowest BCUT2D eigenvalue weighted by molar-refractivity contribution is -0.122. The molecule has 0 bridgehead atoms. The van der Waals surface area contributed by atoms with Gasteiger partial charge in [0, 0.05) is 5.69 Å². The van der Waals surface area contributed by atoms with Gasteiger partial charge in [0.25, 0.3) is 5.91 Å². The highest BCUT2D eigenvalue weighted by molar-refractivity contribution is 7.89. The Balaban J connectivity index is 1.62. The number of nitrogens with one attached hydrogen (secondary N) is 3. The first kappa shape index (κ1) is 18.8. The number of benzene rings is 2. The summed E-state index contributed by atoms with van der Waals surface area (Å²) in [5.41, 5.74) is 0.765. The summed E-state index contributed by atoms with van der Waals surface area (Å²) >= 11 is 0. The van der Waals surface area contributed by atoms with Crippen molar-refractivity contribution < 1.29 is 27.1 Å². The number of sulfonamides is 1. The van der Waals surface area contributed by atoms with Crippen molar-refractivity contribution in [3.63, 3.8) is 0 Å². The topological polar surface area (TPSA) is 114 Å². The molecule has 2 aromatic rings. The van der Waals surface area contributed by atoms with Crippen molar-refractivity contribution in [3.8, 4) is 5.75 Å². The summed E-state index contributed by atoms with van der Waals surface area (Å²) in [5.74, 6) is -1.02. The second-order valence-electron chi connectivity index (χ2n) is 5.79. The third kappa shape index (κ3) is 4.41. The van der Waals surface area contributed by atoms with Crippen molar-refractivity contribution in [2.75, 3.05) is 17.2 Å². The molecule has 1 aliphatic rings. The second-order valence-corrected chi connectivity index (χ2v) is 7.55. The molecule has 2 amide bonds. The van der Waals surface area contributed by atoms with Gasteiger partial charge in [-0.2, -0.15) is 0 Å². The maximum atomic E-state index is 12.9. The van der Waals surface area contributed by atoms with Crippen LogP contribution in [-0.4, -0.2) is 32.9 Å². The van der Waals surface area contributed by atoms with E-state index in [1.807, 2.05) is 0 Å². The molecule has 0 unspecified atom stereocenters. The summed E-state index contributed by atoms with van der Waals surface area (Å²) in [4.78, 5) is 23.5. The first-order valence-corrected chi connectivity index (χ1v) is 9.39. The van der Waals surface area contributed by atoms with Crippen LogP contribution in [0.25, 0.3) is 0 Å². The number of hydrogen-bond acceptors (Lipinski definition) is 5. The average molecular weight is 393 g/mol. The normalized spacial score (nSPS) is 16.1. The number of fused-ring (bicyclic) bond motifs is 1. The summed E-state index contributed by atoms with van der Waals surface area (Å²) in [6.07, 6.45) is -0.612. The zero-order valence-electron chi connectivity index (χ0n) is 14.2. The van der Waals surface area contributed by atoms with E-state index in [0.29, 0.717) is 17.1 Å². The predicted octanol–water partition coefficient (Wildman–Crippen LogP) is 1.46. The highest BCUT2D eigenvalue weighted by Crippen LogP contribution is 2.32. The molecular weight excluding hydrogens is 377 g/mol. The smallest absolute Gasteiger partial charge is 0.265 e. The maximum absolute atomic E-state index is 12.9. The number of ether oxygens (including phenoxy) is 1. The molecule has 10 heteroatoms. The molecule has 3 N–H and O–H groups in total. The predicted molar refractivity (Wildman–Crippen MR) is 95.4 cm³/mol. The molecule has 0 aromatic heterocycles. The molecule has 3 rings (SSSR count). The molecular formula is C17H16FN3O5S. The Morgan fingerprint density at radius 2 is 1.93 bits per heavy atom. The van der Waals surface area contributed by atoms with Crippen LogP contribution in [0.15, 0.2) is 47.4 Å². The molecule has 2 aromatic carbocycles. The maximum Gasteiger partial charge on any atom is 0.265 e. The zero-order valence-corrected chi connectivity index (χ0v) is 15.0. The van der Waals surface area contributed by atoms with Crippen molar-refractivity contribution >= 4 is 33.2 Å². The Bertz CT molecular complexity index is 992. The number of hydrogen-bond donors (Lipinski definition) is 3. The van der Waals surface area contributed by atoms with Gasteiger partial charge in [0.1, 0.15) is 11.6 Å². The van der Waals surface area contributed by atoms with Crippen molar-refractivity contribution in [1.29, 1.82) is 0 Å². The largest absolute Gasteiger partial charge is 0.479 e. The molecule has 0 saturated carbocycles. The minimum absolute atomic E-state index is 0.153. The van der Waals surface area contributed by atoms with Crippen LogP contribution < -0.4 is 20.1 Å². The van der Waals surface area contributed by atoms with Crippen molar-refractivity contribution in [2.24, 2.45) is 0 Å². The Labute approximate surface area is 154 Å². The number of anilines is 2. The Kier molecular flexibility index (Phi) is 5.10. The molecule has 0 spiro atoms. The molecule has 1 atom stereocenters. The molecule has 0 fully saturated rings. The van der Waals surface area contributed by atoms with E-state index in [1.165, 1.54) is 6.07 Å². The van der Waals surface area contributed by atoms with Crippen LogP contribution in [0.2, 0.25) is 0 Å². The van der Waals surface area contributed by atoms with E-state index >= 15 is 0 Å². The van der Waals surface area contributed by atoms with E-state index in [1.54, 1.807) is 19.1 Å². The lowest BCUT2D eigenvalue weighted by atomic mass is 10.2. The molecule has 0 saturated heterocycles. The summed E-state index contributed by atoms with van der Waals surface area (Å²) in [6, 6.07) is 8.88. The summed E-state index contributed by atoms with van der Waals surface area (Å²) in [5, 5.41) is 5.17. The zero-order chi connectivity index (χ0) is 19.6. The summed E-state index contributed by atoms with van der Waals surface area (Å²) < 4.78 is 44.6. The molecule has 1 heterocycles. The van der Waals surface area contributed by atoms with Crippen molar-refractivity contribution in [2.45, 2.75) is 17.9 Å². The fraction of sp³-hybridized carbons (Fsp3) is 0.176. The lowest BCUT2D eigenvalue weighted by Gasteiger charge is -2.23. The Hall–Kier alpha value is -2.98. The van der Waals surface area contributed by atoms with Crippen molar-refractivity contribution in [3.05, 3.63) is 48.3 Å². The van der Waals surface area contributed by atoms with Crippen LogP contribution in [0.1, 0.15) is 6.92 Å². The second kappa shape index (κ2) is 7.33. The highest BCUT2D eigenvalue weighted by Gasteiger charge is 2.23. The van der Waals surface area contributed by atoms with E-state index in [-0.39, 0.29) is 10.8 Å². The molecule has 27 heavy (non-hydrogen) atoms. The molecule has 8 nitrogen and oxygen atoms in total. The van der Waals surface area contributed by atoms with Gasteiger partial charge in [-0.1, -0.05) is 0 Å². The van der Waals surface area contributed by atoms with Crippen LogP contribution in [0.3, 0.4) is 0 Å². The first-order valence-electron chi connectivity index (χ1n) is 7.91. The third-order valence-corrected chi connectivity index (χ3v) is 5.16. The van der Waals surface area contributed by atoms with Crippen LogP contribution >= 0.6 is 0 Å². The SMILES string of the molecule is C[C@@H]1Oc2ccc(NC(=O)CNS(=O)(=O)c3ccc(F)cc3)cc2NC1=O. The van der Waals surface area contributed by atoms with E-state index in [2.05, 4.69) is 15.4 Å². The van der Waals surface area contributed by atoms with Gasteiger partial charge in [-0.05, 0) is 49.4 Å². The Morgan fingerprint density at radius 3 is 2.63 bits per heavy atom. The van der Waals surface area contributed by atoms with Gasteiger partial charge in [0.05, 0.1) is 17.1 Å². The van der Waals surface area contributed by atoms with E-state index in [0.717, 1.165) is 24.3 Å². The van der Waals surface area contributed by atoms with Gasteiger partial charge >= 0.3 is 0 Å². The summed E-state index contributed by atoms with van der Waals surface area (Å²) in [7, 11) is -3.95. The van der Waals surface area contributed by atoms with Gasteiger partial charge in [0.2, 0.25) is 15.9 Å². The van der Waals surface area contributed by atoms with Gasteiger partial charge in [0.15, 0.2) is 6.10 Å². The molecule has 142 valence electrons. The van der Waals surface area contributed by atoms with Crippen LogP contribution in [0, 0.1) is 5.82 Å². The van der Waals surface area contributed by atoms with Gasteiger partial charge < -0.3 is 15.4 Å². The van der Waals surface area contributed by atoms with Gasteiger partial charge in [-0.15, -0.1) is 0 Å². The minimum Gasteiger partial charge on any atom is -0.479 e. The number of rotatable bonds is 5. The highest BCUT2D eigenvalue weighted by atomic mass is 32.2. The van der Waals surface area contributed by atoms with Crippen molar-refractivity contribution in [1.82, 2.24) is 4.72 Å². The van der Waals surface area contributed by atoms with Crippen LogP contribution in [0.4, 0.5) is 15.8 Å². The quantitative estimate of drug-likeness (QED) is 0.712. The average Bonchev–Trinajstić information content (AvgIpc) is 2.62.